The molecule has 7 nitrogen and oxygen atoms in total. The number of carbonyl (C=O) groups excluding carboxylic acids is 1. The highest BCUT2D eigenvalue weighted by Gasteiger charge is 2.31. The molecule has 0 spiro atoms. The molecular weight excluding hydrogens is 441 g/mol. The lowest BCUT2D eigenvalue weighted by molar-refractivity contribution is -0.137. The van der Waals surface area contributed by atoms with Gasteiger partial charge in [0.1, 0.15) is 12.7 Å². The summed E-state index contributed by atoms with van der Waals surface area (Å²) >= 11 is 1.19. The van der Waals surface area contributed by atoms with Gasteiger partial charge in [0.2, 0.25) is 5.91 Å². The molecule has 11 heteroatoms. The third-order valence-corrected chi connectivity index (χ3v) is 5.66. The number of benzene rings is 2. The Morgan fingerprint density at radius 3 is 2.62 bits per heavy atom. The third kappa shape index (κ3) is 4.67. The molecular formula is C21H17F3N6OS. The molecule has 164 valence electrons. The molecule has 2 heterocycles. The monoisotopic (exact) mass is 458 g/mol. The average molecular weight is 458 g/mol. The van der Waals surface area contributed by atoms with E-state index in [1.54, 1.807) is 6.20 Å². The summed E-state index contributed by atoms with van der Waals surface area (Å²) in [5.41, 5.74) is 1.26. The number of imidazole rings is 1. The first-order chi connectivity index (χ1) is 15.3. The van der Waals surface area contributed by atoms with Crippen molar-refractivity contribution in [2.24, 2.45) is 7.05 Å². The predicted molar refractivity (Wildman–Crippen MR) is 114 cm³/mol. The van der Waals surface area contributed by atoms with Crippen molar-refractivity contribution in [2.45, 2.75) is 11.3 Å². The Bertz CT molecular complexity index is 1220. The summed E-state index contributed by atoms with van der Waals surface area (Å²) in [4.78, 5) is 20.7. The summed E-state index contributed by atoms with van der Waals surface area (Å²) < 4.78 is 42.7. The van der Waals surface area contributed by atoms with Gasteiger partial charge in [-0.3, -0.25) is 4.79 Å². The number of thioether (sulfide) groups is 1. The van der Waals surface area contributed by atoms with Crippen LogP contribution in [0, 0.1) is 0 Å². The smallest absolute Gasteiger partial charge is 0.323 e. The van der Waals surface area contributed by atoms with Crippen LogP contribution in [0.2, 0.25) is 0 Å². The van der Waals surface area contributed by atoms with E-state index in [4.69, 9.17) is 0 Å². The molecule has 0 saturated heterocycles. The van der Waals surface area contributed by atoms with Crippen molar-refractivity contribution in [2.75, 3.05) is 11.1 Å². The number of nitrogens with zero attached hydrogens (tertiary/aromatic N) is 5. The highest BCUT2D eigenvalue weighted by molar-refractivity contribution is 7.99. The highest BCUT2D eigenvalue weighted by Crippen LogP contribution is 2.33. The van der Waals surface area contributed by atoms with Crippen LogP contribution in [0.25, 0.3) is 16.9 Å². The number of hydrogen-bond acceptors (Lipinski definition) is 5. The maximum Gasteiger partial charge on any atom is 0.416 e. The summed E-state index contributed by atoms with van der Waals surface area (Å²) in [6, 6.07) is 12.7. The Morgan fingerprint density at radius 2 is 1.94 bits per heavy atom. The minimum absolute atomic E-state index is 0.0132. The molecule has 0 fully saturated rings. The topological polar surface area (TPSA) is 77.6 Å². The van der Waals surface area contributed by atoms with E-state index in [9.17, 15) is 18.0 Å². The van der Waals surface area contributed by atoms with E-state index in [1.807, 2.05) is 41.9 Å². The number of carbonyl (C=O) groups is 1. The molecule has 4 rings (SSSR count). The first-order valence-electron chi connectivity index (χ1n) is 9.39. The number of nitrogens with one attached hydrogen (secondary N) is 1. The van der Waals surface area contributed by atoms with Crippen molar-refractivity contribution in [3.8, 4) is 16.9 Å². The van der Waals surface area contributed by atoms with Gasteiger partial charge in [0.05, 0.1) is 34.6 Å². The van der Waals surface area contributed by atoms with Gasteiger partial charge in [-0.05, 0) is 23.8 Å². The number of alkyl halides is 3. The van der Waals surface area contributed by atoms with Gasteiger partial charge >= 0.3 is 6.18 Å². The van der Waals surface area contributed by atoms with Crippen molar-refractivity contribution in [3.63, 3.8) is 0 Å². The Balaban J connectivity index is 1.50. The van der Waals surface area contributed by atoms with Crippen LogP contribution in [0.4, 0.5) is 18.9 Å². The van der Waals surface area contributed by atoms with Crippen molar-refractivity contribution in [3.05, 3.63) is 72.9 Å². The fraction of sp³-hybridized carbons (Fsp3) is 0.143. The summed E-state index contributed by atoms with van der Waals surface area (Å²) in [7, 11) is 1.84. The molecule has 1 amide bonds. The first kappa shape index (κ1) is 21.6. The minimum atomic E-state index is -4.55. The van der Waals surface area contributed by atoms with Crippen LogP contribution in [-0.2, 0) is 18.0 Å². The Kier molecular flexibility index (Phi) is 5.99. The number of anilines is 1. The zero-order valence-corrected chi connectivity index (χ0v) is 17.6. The van der Waals surface area contributed by atoms with Crippen LogP contribution in [0.1, 0.15) is 5.56 Å². The maximum atomic E-state index is 13.2. The zero-order chi connectivity index (χ0) is 22.7. The lowest BCUT2D eigenvalue weighted by Gasteiger charge is -2.14. The quantitative estimate of drug-likeness (QED) is 0.433. The molecule has 0 bridgehead atoms. The fourth-order valence-electron chi connectivity index (χ4n) is 3.07. The van der Waals surface area contributed by atoms with Crippen LogP contribution < -0.4 is 5.32 Å². The largest absolute Gasteiger partial charge is 0.416 e. The molecule has 2 aromatic carbocycles. The SMILES string of the molecule is Cn1c(-c2ccccc2)cnc1SCC(=O)Nc1cc(C(F)(F)F)ccc1-n1cncn1. The normalized spacial score (nSPS) is 11.5. The van der Waals surface area contributed by atoms with Crippen LogP contribution in [0.3, 0.4) is 0 Å². The summed E-state index contributed by atoms with van der Waals surface area (Å²) in [6.45, 7) is 0. The Labute approximate surface area is 185 Å². The van der Waals surface area contributed by atoms with E-state index >= 15 is 0 Å². The van der Waals surface area contributed by atoms with Gasteiger partial charge in [-0.1, -0.05) is 42.1 Å². The molecule has 0 atom stereocenters. The third-order valence-electron chi connectivity index (χ3n) is 4.61. The Hall–Kier alpha value is -3.60. The van der Waals surface area contributed by atoms with Crippen molar-refractivity contribution >= 4 is 23.4 Å². The zero-order valence-electron chi connectivity index (χ0n) is 16.7. The second-order valence-corrected chi connectivity index (χ2v) is 7.70. The van der Waals surface area contributed by atoms with Crippen molar-refractivity contribution in [1.82, 2.24) is 24.3 Å². The molecule has 0 radical (unpaired) electrons. The molecule has 0 unspecified atom stereocenters. The minimum Gasteiger partial charge on any atom is -0.323 e. The number of hydrogen-bond donors (Lipinski definition) is 1. The van der Waals surface area contributed by atoms with Crippen molar-refractivity contribution in [1.29, 1.82) is 0 Å². The van der Waals surface area contributed by atoms with Crippen molar-refractivity contribution < 1.29 is 18.0 Å². The van der Waals surface area contributed by atoms with E-state index in [0.717, 1.165) is 23.4 Å². The number of amides is 1. The first-order valence-corrected chi connectivity index (χ1v) is 10.4. The summed E-state index contributed by atoms with van der Waals surface area (Å²) in [6.07, 6.45) is -0.238. The maximum absolute atomic E-state index is 13.2. The van der Waals surface area contributed by atoms with E-state index in [1.165, 1.54) is 35.2 Å². The van der Waals surface area contributed by atoms with Gasteiger partial charge in [-0.15, -0.1) is 0 Å². The second kappa shape index (κ2) is 8.87. The van der Waals surface area contributed by atoms with Gasteiger partial charge in [0.25, 0.3) is 0 Å². The van der Waals surface area contributed by atoms with Gasteiger partial charge in [-0.25, -0.2) is 14.6 Å². The van der Waals surface area contributed by atoms with E-state index < -0.39 is 17.6 Å². The number of halogens is 3. The molecule has 1 N–H and O–H groups in total. The van der Waals surface area contributed by atoms with Crippen LogP contribution in [-0.4, -0.2) is 36.0 Å². The Morgan fingerprint density at radius 1 is 1.16 bits per heavy atom. The lowest BCUT2D eigenvalue weighted by Crippen LogP contribution is -2.17. The van der Waals surface area contributed by atoms with Gasteiger partial charge in [-0.2, -0.15) is 18.3 Å². The molecule has 2 aromatic heterocycles. The fourth-order valence-corrected chi connectivity index (χ4v) is 3.82. The number of aromatic nitrogens is 5. The van der Waals surface area contributed by atoms with Crippen LogP contribution >= 0.6 is 11.8 Å². The molecule has 0 aliphatic rings. The molecule has 0 saturated carbocycles. The highest BCUT2D eigenvalue weighted by atomic mass is 32.2. The van der Waals surface area contributed by atoms with Gasteiger partial charge in [0, 0.05) is 7.05 Å². The summed E-state index contributed by atoms with van der Waals surface area (Å²) in [5.74, 6) is -0.508. The standard InChI is InChI=1S/C21H17F3N6OS/c1-29-18(14-5-3-2-4-6-14)10-26-20(29)32-11-19(31)28-16-9-15(21(22,23)24)7-8-17(16)30-13-25-12-27-30/h2-10,12-13H,11H2,1H3,(H,28,31). The predicted octanol–water partition coefficient (Wildman–Crippen LogP) is 4.42. The van der Waals surface area contributed by atoms with E-state index in [0.29, 0.717) is 5.16 Å². The second-order valence-electron chi connectivity index (χ2n) is 6.76. The summed E-state index contributed by atoms with van der Waals surface area (Å²) in [5, 5.41) is 7.10. The lowest BCUT2D eigenvalue weighted by atomic mass is 10.1. The van der Waals surface area contributed by atoms with E-state index in [2.05, 4.69) is 20.4 Å². The molecule has 4 aromatic rings. The van der Waals surface area contributed by atoms with Crippen LogP contribution in [0.15, 0.2) is 72.5 Å². The van der Waals surface area contributed by atoms with Crippen LogP contribution in [0.5, 0.6) is 0 Å². The molecule has 0 aliphatic carbocycles. The molecule has 0 aliphatic heterocycles. The van der Waals surface area contributed by atoms with Gasteiger partial charge < -0.3 is 9.88 Å². The average Bonchev–Trinajstić information content (AvgIpc) is 3.42. The van der Waals surface area contributed by atoms with E-state index in [-0.39, 0.29) is 17.1 Å². The van der Waals surface area contributed by atoms with Gasteiger partial charge in [0.15, 0.2) is 5.16 Å². The molecule has 32 heavy (non-hydrogen) atoms. The number of rotatable bonds is 6.